The molecule has 14 nitrogen and oxygen atoms in total. The van der Waals surface area contributed by atoms with Gasteiger partial charge in [-0.15, -0.1) is 0 Å². The van der Waals surface area contributed by atoms with E-state index in [2.05, 4.69) is 189 Å². The number of nitrogens with one attached hydrogen (secondary N) is 1. The predicted octanol–water partition coefficient (Wildman–Crippen LogP) is 19.6. The molecule has 0 radical (unpaired) electrons. The van der Waals surface area contributed by atoms with Crippen molar-refractivity contribution in [3.63, 3.8) is 0 Å². The first kappa shape index (κ1) is 96.2. The van der Waals surface area contributed by atoms with Crippen LogP contribution >= 0.6 is 0 Å². The van der Waals surface area contributed by atoms with Crippen molar-refractivity contribution in [3.8, 4) is 0 Å². The molecule has 596 valence electrons. The molecular formula is C91H149NO13. The van der Waals surface area contributed by atoms with Crippen LogP contribution in [-0.2, 0) is 23.7 Å². The fourth-order valence-corrected chi connectivity index (χ4v) is 12.3. The van der Waals surface area contributed by atoms with Crippen molar-refractivity contribution in [3.05, 3.63) is 182 Å². The van der Waals surface area contributed by atoms with E-state index in [0.717, 1.165) is 128 Å². The molecule has 0 aromatic heterocycles. The third-order valence-electron chi connectivity index (χ3n) is 18.8. The van der Waals surface area contributed by atoms with E-state index in [1.807, 2.05) is 6.08 Å². The molecule has 0 aromatic rings. The third kappa shape index (κ3) is 54.4. The Morgan fingerprint density at radius 3 is 1.05 bits per heavy atom. The van der Waals surface area contributed by atoms with Crippen molar-refractivity contribution >= 4 is 5.91 Å². The van der Waals surface area contributed by atoms with Crippen LogP contribution in [0.4, 0.5) is 0 Å². The van der Waals surface area contributed by atoms with E-state index in [9.17, 15) is 45.6 Å². The lowest BCUT2D eigenvalue weighted by Gasteiger charge is -2.46. The summed E-state index contributed by atoms with van der Waals surface area (Å²) in [4.78, 5) is 13.4. The summed E-state index contributed by atoms with van der Waals surface area (Å²) in [6.07, 6.45) is 96.9. The Hall–Kier alpha value is -4.91. The minimum absolute atomic E-state index is 0.228. The molecule has 0 saturated carbocycles. The Morgan fingerprint density at radius 1 is 0.352 bits per heavy atom. The summed E-state index contributed by atoms with van der Waals surface area (Å²) >= 11 is 0. The van der Waals surface area contributed by atoms with Gasteiger partial charge in [-0.2, -0.15) is 0 Å². The van der Waals surface area contributed by atoms with Gasteiger partial charge in [-0.25, -0.2) is 0 Å². The molecule has 2 saturated heterocycles. The van der Waals surface area contributed by atoms with Crippen LogP contribution in [0.15, 0.2) is 182 Å². The van der Waals surface area contributed by atoms with Crippen molar-refractivity contribution < 1.29 is 64.6 Å². The van der Waals surface area contributed by atoms with Crippen LogP contribution in [0.2, 0.25) is 0 Å². The number of ether oxygens (including phenoxy) is 4. The summed E-state index contributed by atoms with van der Waals surface area (Å²) in [7, 11) is 0. The molecule has 0 aliphatic carbocycles. The fraction of sp³-hybridized carbons (Fsp3) is 0.659. The molecule has 14 heteroatoms. The molecular weight excluding hydrogens is 1310 g/mol. The number of unbranched alkanes of at least 4 members (excludes halogenated alkanes) is 26. The smallest absolute Gasteiger partial charge is 0.220 e. The summed E-state index contributed by atoms with van der Waals surface area (Å²) < 4.78 is 22.9. The second kappa shape index (κ2) is 72.0. The maximum Gasteiger partial charge on any atom is 0.220 e. The van der Waals surface area contributed by atoms with Crippen LogP contribution < -0.4 is 5.32 Å². The third-order valence-corrected chi connectivity index (χ3v) is 18.8. The SMILES string of the molecule is CC/C=C\C/C=C\C/C=C\C/C=C\C/C=C\C/C=C\C/C=C\C/C=C\C/C=C\C/C=C\C/C=C\C/C=C\CCCCCCC(=O)NC(COC1OC(CO)C(OC2OC(CO)C(O)C(O)C2O)C(O)C1O)C(O)/C=C/CC/C=C/CC/C=C/CCCCCCCCCCCCCCCCCCCCCC. The highest BCUT2D eigenvalue weighted by Crippen LogP contribution is 2.30. The fourth-order valence-electron chi connectivity index (χ4n) is 12.3. The van der Waals surface area contributed by atoms with Crippen LogP contribution in [0, 0.1) is 0 Å². The first-order valence-electron chi connectivity index (χ1n) is 41.5. The van der Waals surface area contributed by atoms with E-state index in [1.54, 1.807) is 6.08 Å². The molecule has 2 rings (SSSR count). The highest BCUT2D eigenvalue weighted by molar-refractivity contribution is 5.76. The molecule has 12 atom stereocenters. The predicted molar refractivity (Wildman–Crippen MR) is 437 cm³/mol. The summed E-state index contributed by atoms with van der Waals surface area (Å²) in [5, 5.41) is 87.7. The van der Waals surface area contributed by atoms with E-state index in [0.29, 0.717) is 12.8 Å². The van der Waals surface area contributed by atoms with E-state index in [4.69, 9.17) is 18.9 Å². The molecule has 1 amide bonds. The highest BCUT2D eigenvalue weighted by atomic mass is 16.7. The van der Waals surface area contributed by atoms with E-state index < -0.39 is 86.8 Å². The zero-order chi connectivity index (χ0) is 75.8. The van der Waals surface area contributed by atoms with Crippen LogP contribution in [-0.4, -0.2) is 140 Å². The Labute approximate surface area is 638 Å². The van der Waals surface area contributed by atoms with Gasteiger partial charge in [0, 0.05) is 6.42 Å². The second-order valence-corrected chi connectivity index (χ2v) is 28.1. The van der Waals surface area contributed by atoms with Gasteiger partial charge in [0.05, 0.1) is 32.0 Å². The number of hydrogen-bond acceptors (Lipinski definition) is 13. The zero-order valence-electron chi connectivity index (χ0n) is 65.4. The molecule has 2 aliphatic rings. The second-order valence-electron chi connectivity index (χ2n) is 28.1. The number of aliphatic hydroxyl groups excluding tert-OH is 8. The normalized spacial score (nSPS) is 22.4. The average molecular weight is 1470 g/mol. The zero-order valence-corrected chi connectivity index (χ0v) is 65.4. The Balaban J connectivity index is 1.67. The molecule has 0 aromatic carbocycles. The monoisotopic (exact) mass is 1460 g/mol. The van der Waals surface area contributed by atoms with E-state index >= 15 is 0 Å². The molecule has 2 fully saturated rings. The van der Waals surface area contributed by atoms with Crippen molar-refractivity contribution in [2.75, 3.05) is 19.8 Å². The van der Waals surface area contributed by atoms with Gasteiger partial charge in [-0.05, 0) is 135 Å². The van der Waals surface area contributed by atoms with Crippen LogP contribution in [0.3, 0.4) is 0 Å². The van der Waals surface area contributed by atoms with Gasteiger partial charge in [0.2, 0.25) is 5.91 Å². The van der Waals surface area contributed by atoms with Gasteiger partial charge in [-0.3, -0.25) is 4.79 Å². The molecule has 105 heavy (non-hydrogen) atoms. The molecule has 12 unspecified atom stereocenters. The first-order valence-corrected chi connectivity index (χ1v) is 41.5. The minimum Gasteiger partial charge on any atom is -0.394 e. The summed E-state index contributed by atoms with van der Waals surface area (Å²) in [5.41, 5.74) is 0. The number of carbonyl (C=O) groups excluding carboxylic acids is 1. The number of allylic oxidation sites excluding steroid dienone is 29. The summed E-state index contributed by atoms with van der Waals surface area (Å²) in [6.45, 7) is 2.66. The summed E-state index contributed by atoms with van der Waals surface area (Å²) in [5.74, 6) is -0.283. The maximum atomic E-state index is 13.4. The van der Waals surface area contributed by atoms with Crippen LogP contribution in [0.5, 0.6) is 0 Å². The van der Waals surface area contributed by atoms with Gasteiger partial charge in [-0.1, -0.05) is 331 Å². The number of carbonyl (C=O) groups is 1. The Kier molecular flexibility index (Phi) is 65.9. The first-order chi connectivity index (χ1) is 51.6. The Morgan fingerprint density at radius 2 is 0.667 bits per heavy atom. The maximum absolute atomic E-state index is 13.4. The van der Waals surface area contributed by atoms with Crippen LogP contribution in [0.1, 0.15) is 290 Å². The average Bonchev–Trinajstić information content (AvgIpc) is 0.769. The topological polar surface area (TPSA) is 228 Å². The minimum atomic E-state index is -1.81. The number of rotatable bonds is 67. The molecule has 9 N–H and O–H groups in total. The van der Waals surface area contributed by atoms with Crippen molar-refractivity contribution in [1.82, 2.24) is 5.32 Å². The molecule has 0 spiro atoms. The van der Waals surface area contributed by atoms with Crippen LogP contribution in [0.25, 0.3) is 0 Å². The molecule has 0 bridgehead atoms. The molecule has 2 aliphatic heterocycles. The lowest BCUT2D eigenvalue weighted by atomic mass is 9.97. The van der Waals surface area contributed by atoms with Gasteiger partial charge in [0.1, 0.15) is 48.8 Å². The van der Waals surface area contributed by atoms with Crippen molar-refractivity contribution in [1.29, 1.82) is 0 Å². The highest BCUT2D eigenvalue weighted by Gasteiger charge is 2.51. The molecule has 2 heterocycles. The standard InChI is InChI=1S/C91H149NO13/c1-3-5-7-9-11-13-15-17-19-21-23-25-27-29-31-33-35-36-37-38-39-40-41-42-43-44-45-47-49-51-53-55-57-59-61-63-65-67-69-71-73-75-83(96)92-79(78-102-90-88(101)86(99)89(82(77-94)104-90)105-91-87(100)85(98)84(97)81(76-93)103-91)80(95)74-72-70-68-66-64-62-60-58-56-54-52-50-48-46-34-32-30-28-26-24-22-20-18-16-14-12-10-8-6-4-2/h5,7,11,13,17,19,23,25,29,31,35-36,38-39,41-42,44-45,49,51,55-58,61,63-64,66,72,74,79-82,84-91,93-95,97-101H,3-4,6,8-10,12,14-16,18,20-22,24,26-28,30,32-34,37,40,43,46-48,50,52-54,59-60,62,65,67-71,73,75-78H2,1-2H3,(H,92,96)/b7-5-,13-11-,19-17-,25-23-,31-29-,36-35-,39-38-,42-41-,45-44-,51-49-,57-55-,58-56+,63-61-,66-64+,74-72+. The lowest BCUT2D eigenvalue weighted by molar-refractivity contribution is -0.359. The van der Waals surface area contributed by atoms with Crippen molar-refractivity contribution in [2.24, 2.45) is 0 Å². The van der Waals surface area contributed by atoms with Gasteiger partial charge in [0.15, 0.2) is 12.6 Å². The van der Waals surface area contributed by atoms with E-state index in [1.165, 1.54) is 128 Å². The van der Waals surface area contributed by atoms with Gasteiger partial charge >= 0.3 is 0 Å². The number of amides is 1. The van der Waals surface area contributed by atoms with E-state index in [-0.39, 0.29) is 18.9 Å². The quantitative estimate of drug-likeness (QED) is 0.0204. The van der Waals surface area contributed by atoms with Gasteiger partial charge < -0.3 is 65.1 Å². The Bertz CT molecular complexity index is 2480. The lowest BCUT2D eigenvalue weighted by Crippen LogP contribution is -2.65. The largest absolute Gasteiger partial charge is 0.394 e. The number of hydrogen-bond donors (Lipinski definition) is 9. The summed E-state index contributed by atoms with van der Waals surface area (Å²) in [6, 6.07) is -0.968. The number of aliphatic hydroxyl groups is 8. The van der Waals surface area contributed by atoms with Gasteiger partial charge in [0.25, 0.3) is 0 Å². The van der Waals surface area contributed by atoms with Crippen molar-refractivity contribution in [2.45, 2.75) is 364 Å².